The van der Waals surface area contributed by atoms with Crippen molar-refractivity contribution in [1.82, 2.24) is 4.98 Å². The van der Waals surface area contributed by atoms with E-state index in [0.29, 0.717) is 6.61 Å². The summed E-state index contributed by atoms with van der Waals surface area (Å²) < 4.78 is 5.42. The first-order chi connectivity index (χ1) is 13.2. The van der Waals surface area contributed by atoms with Crippen LogP contribution in [0.2, 0.25) is 0 Å². The average molecular weight is 356 g/mol. The van der Waals surface area contributed by atoms with Crippen LogP contribution in [0.15, 0.2) is 48.5 Å². The lowest BCUT2D eigenvalue weighted by Gasteiger charge is -2.35. The number of para-hydroxylation sites is 1. The third-order valence-electron chi connectivity index (χ3n) is 6.18. The van der Waals surface area contributed by atoms with Crippen LogP contribution < -0.4 is 0 Å². The lowest BCUT2D eigenvalue weighted by atomic mass is 9.66. The second-order valence-electron chi connectivity index (χ2n) is 7.42. The zero-order valence-electron chi connectivity index (χ0n) is 15.1. The first-order valence-corrected chi connectivity index (χ1v) is 9.49. The number of esters is 1. The molecule has 4 heteroatoms. The molecule has 0 unspecified atom stereocenters. The molecule has 4 atom stereocenters. The molecule has 2 aliphatic carbocycles. The van der Waals surface area contributed by atoms with E-state index in [2.05, 4.69) is 23.2 Å². The highest BCUT2D eigenvalue weighted by atomic mass is 16.5. The minimum atomic E-state index is -0.562. The van der Waals surface area contributed by atoms with Crippen molar-refractivity contribution < 1.29 is 9.53 Å². The van der Waals surface area contributed by atoms with E-state index >= 15 is 0 Å². The number of carbonyl (C=O) groups is 1. The maximum Gasteiger partial charge on any atom is 0.314 e. The minimum Gasteiger partial charge on any atom is -0.465 e. The van der Waals surface area contributed by atoms with E-state index in [4.69, 9.17) is 4.74 Å². The lowest BCUT2D eigenvalue weighted by Crippen LogP contribution is -2.34. The number of nitrogens with zero attached hydrogens (tertiary/aromatic N) is 1. The predicted octanol–water partition coefficient (Wildman–Crippen LogP) is 4.39. The number of aromatic nitrogens is 1. The molecule has 2 aromatic carbocycles. The summed E-state index contributed by atoms with van der Waals surface area (Å²) >= 11 is 0. The molecule has 1 heterocycles. The summed E-state index contributed by atoms with van der Waals surface area (Å²) in [5.74, 6) is -1.07. The molecule has 0 fully saturated rings. The van der Waals surface area contributed by atoms with Crippen molar-refractivity contribution in [2.24, 2.45) is 5.92 Å². The van der Waals surface area contributed by atoms with Crippen LogP contribution in [-0.2, 0) is 16.0 Å². The van der Waals surface area contributed by atoms with Crippen LogP contribution >= 0.6 is 0 Å². The summed E-state index contributed by atoms with van der Waals surface area (Å²) in [6.45, 7) is 2.13. The molecule has 0 spiro atoms. The fourth-order valence-corrected chi connectivity index (χ4v) is 5.20. The Balaban J connectivity index is 1.79. The van der Waals surface area contributed by atoms with Gasteiger partial charge >= 0.3 is 5.97 Å². The fraction of sp³-hybridized carbons (Fsp3) is 0.304. The zero-order valence-corrected chi connectivity index (χ0v) is 15.1. The number of hydrogen-bond acceptors (Lipinski definition) is 3. The monoisotopic (exact) mass is 356 g/mol. The molecule has 0 radical (unpaired) electrons. The topological polar surface area (TPSA) is 65.9 Å². The Labute approximate surface area is 157 Å². The molecule has 4 nitrogen and oxygen atoms in total. The van der Waals surface area contributed by atoms with Crippen LogP contribution in [0.25, 0.3) is 10.9 Å². The highest BCUT2D eigenvalue weighted by molar-refractivity contribution is 5.93. The standard InChI is InChI=1S/C23H20N2O2/c1-2-27-23(26)21-17(12-24)19-14-8-4-3-7-13(14)11-16(19)22-20(21)15-9-5-6-10-18(15)25-22/h3-10,16-17,19,21,25H,2,11H2,1H3/t16-,17+,19+,21+/m0/s1. The van der Waals surface area contributed by atoms with E-state index in [0.717, 1.165) is 28.6 Å². The first kappa shape index (κ1) is 16.1. The molecule has 3 aromatic rings. The third kappa shape index (κ3) is 2.18. The number of H-pyrrole nitrogens is 1. The molecule has 0 bridgehead atoms. The van der Waals surface area contributed by atoms with Crippen molar-refractivity contribution in [1.29, 1.82) is 5.26 Å². The van der Waals surface area contributed by atoms with Gasteiger partial charge in [-0.3, -0.25) is 4.79 Å². The van der Waals surface area contributed by atoms with Crippen molar-refractivity contribution in [3.05, 3.63) is 70.9 Å². The maximum atomic E-state index is 13.0. The molecular formula is C23H20N2O2. The first-order valence-electron chi connectivity index (χ1n) is 9.49. The van der Waals surface area contributed by atoms with E-state index in [1.807, 2.05) is 43.3 Å². The van der Waals surface area contributed by atoms with Gasteiger partial charge in [-0.05, 0) is 36.1 Å². The fourth-order valence-electron chi connectivity index (χ4n) is 5.20. The van der Waals surface area contributed by atoms with E-state index in [-0.39, 0.29) is 17.8 Å². The van der Waals surface area contributed by atoms with Crippen molar-refractivity contribution in [3.8, 4) is 6.07 Å². The maximum absolute atomic E-state index is 13.0. The lowest BCUT2D eigenvalue weighted by molar-refractivity contribution is -0.146. The van der Waals surface area contributed by atoms with E-state index in [9.17, 15) is 10.1 Å². The molecule has 2 aliphatic rings. The normalized spacial score (nSPS) is 25.3. The van der Waals surface area contributed by atoms with Crippen LogP contribution in [0.4, 0.5) is 0 Å². The summed E-state index contributed by atoms with van der Waals surface area (Å²) in [5.41, 5.74) is 5.56. The van der Waals surface area contributed by atoms with Gasteiger partial charge in [0.05, 0.1) is 18.6 Å². The van der Waals surface area contributed by atoms with Crippen LogP contribution in [0.5, 0.6) is 0 Å². The Morgan fingerprint density at radius 2 is 2.00 bits per heavy atom. The predicted molar refractivity (Wildman–Crippen MR) is 102 cm³/mol. The van der Waals surface area contributed by atoms with E-state index < -0.39 is 11.8 Å². The second kappa shape index (κ2) is 5.99. The number of nitrogens with one attached hydrogen (secondary N) is 1. The molecule has 0 aliphatic heterocycles. The van der Waals surface area contributed by atoms with E-state index in [1.165, 1.54) is 11.1 Å². The van der Waals surface area contributed by atoms with Gasteiger partial charge in [-0.25, -0.2) is 0 Å². The number of aromatic amines is 1. The SMILES string of the molecule is CCOC(=O)[C@H]1c2c([nH]c3ccccc23)[C@H]2Cc3ccccc3[C@H]2[C@H]1C#N. The van der Waals surface area contributed by atoms with Crippen LogP contribution in [0.1, 0.15) is 47.1 Å². The van der Waals surface area contributed by atoms with Crippen molar-refractivity contribution in [2.45, 2.75) is 31.1 Å². The molecule has 134 valence electrons. The number of ether oxygens (including phenoxy) is 1. The quantitative estimate of drug-likeness (QED) is 0.693. The molecule has 27 heavy (non-hydrogen) atoms. The summed E-state index contributed by atoms with van der Waals surface area (Å²) in [4.78, 5) is 16.6. The van der Waals surface area contributed by atoms with Gasteiger partial charge in [0.25, 0.3) is 0 Å². The molecule has 1 aromatic heterocycles. The Morgan fingerprint density at radius 1 is 1.22 bits per heavy atom. The number of hydrogen-bond donors (Lipinski definition) is 1. The number of nitriles is 1. The Hall–Kier alpha value is -3.06. The molecule has 0 saturated carbocycles. The van der Waals surface area contributed by atoms with Gasteiger partial charge in [0.1, 0.15) is 5.92 Å². The highest BCUT2D eigenvalue weighted by Crippen LogP contribution is 2.57. The molecule has 5 rings (SSSR count). The number of rotatable bonds is 2. The van der Waals surface area contributed by atoms with E-state index in [1.54, 1.807) is 0 Å². The van der Waals surface area contributed by atoms with Crippen molar-refractivity contribution in [3.63, 3.8) is 0 Å². The number of carbonyl (C=O) groups excluding carboxylic acids is 1. The Bertz CT molecular complexity index is 1090. The molecular weight excluding hydrogens is 336 g/mol. The highest BCUT2D eigenvalue weighted by Gasteiger charge is 2.51. The summed E-state index contributed by atoms with van der Waals surface area (Å²) in [5, 5.41) is 11.1. The van der Waals surface area contributed by atoms with Gasteiger partial charge in [0.15, 0.2) is 0 Å². The van der Waals surface area contributed by atoms with Crippen LogP contribution in [0.3, 0.4) is 0 Å². The molecule has 1 N–H and O–H groups in total. The largest absolute Gasteiger partial charge is 0.465 e. The summed E-state index contributed by atoms with van der Waals surface area (Å²) in [6, 6.07) is 18.9. The Morgan fingerprint density at radius 3 is 2.81 bits per heavy atom. The second-order valence-corrected chi connectivity index (χ2v) is 7.42. The van der Waals surface area contributed by atoms with Crippen molar-refractivity contribution in [2.75, 3.05) is 6.61 Å². The smallest absolute Gasteiger partial charge is 0.314 e. The number of fused-ring (bicyclic) bond motifs is 7. The van der Waals surface area contributed by atoms with Crippen LogP contribution in [0, 0.1) is 17.2 Å². The van der Waals surface area contributed by atoms with Crippen molar-refractivity contribution >= 4 is 16.9 Å². The average Bonchev–Trinajstić information content (AvgIpc) is 3.26. The van der Waals surface area contributed by atoms with Crippen LogP contribution in [-0.4, -0.2) is 17.6 Å². The molecule has 0 saturated heterocycles. The summed E-state index contributed by atoms with van der Waals surface area (Å²) in [7, 11) is 0. The van der Waals surface area contributed by atoms with Gasteiger partial charge in [0.2, 0.25) is 0 Å². The van der Waals surface area contributed by atoms with Gasteiger partial charge in [0, 0.05) is 28.4 Å². The Kier molecular flexibility index (Phi) is 3.58. The summed E-state index contributed by atoms with van der Waals surface area (Å²) in [6.07, 6.45) is 0.897. The van der Waals surface area contributed by atoms with Gasteiger partial charge in [-0.2, -0.15) is 5.26 Å². The third-order valence-corrected chi connectivity index (χ3v) is 6.18. The van der Waals surface area contributed by atoms with Gasteiger partial charge < -0.3 is 9.72 Å². The van der Waals surface area contributed by atoms with Gasteiger partial charge in [-0.1, -0.05) is 42.5 Å². The van der Waals surface area contributed by atoms with Gasteiger partial charge in [-0.15, -0.1) is 0 Å². The number of benzene rings is 2. The zero-order chi connectivity index (χ0) is 18.5. The minimum absolute atomic E-state index is 0.0150. The molecule has 0 amide bonds.